The van der Waals surface area contributed by atoms with Crippen LogP contribution in [0.15, 0.2) is 48.6 Å². The molecule has 0 aliphatic carbocycles. The van der Waals surface area contributed by atoms with E-state index >= 15 is 0 Å². The van der Waals surface area contributed by atoms with Crippen LogP contribution < -0.4 is 5.32 Å². The maximum absolute atomic E-state index is 12.5. The molecule has 77 heavy (non-hydrogen) atoms. The molecule has 0 spiro atoms. The molecule has 0 aromatic rings. The molecule has 1 amide bonds. The number of ether oxygens (including phenoxy) is 1. The van der Waals surface area contributed by atoms with Crippen LogP contribution in [0, 0.1) is 0 Å². The van der Waals surface area contributed by atoms with Gasteiger partial charge in [-0.05, 0) is 83.5 Å². The Labute approximate surface area is 480 Å². The average Bonchev–Trinajstić information content (AvgIpc) is 3.43. The van der Waals surface area contributed by atoms with Crippen LogP contribution in [0.1, 0.15) is 367 Å². The van der Waals surface area contributed by atoms with Gasteiger partial charge in [-0.3, -0.25) is 9.59 Å². The van der Waals surface area contributed by atoms with Crippen molar-refractivity contribution in [1.29, 1.82) is 0 Å². The first-order chi connectivity index (χ1) is 38.0. The lowest BCUT2D eigenvalue weighted by Gasteiger charge is -2.22. The van der Waals surface area contributed by atoms with Gasteiger partial charge in [-0.25, -0.2) is 0 Å². The number of esters is 1. The minimum atomic E-state index is -0.668. The van der Waals surface area contributed by atoms with Gasteiger partial charge in [-0.15, -0.1) is 0 Å². The second-order valence-corrected chi connectivity index (χ2v) is 23.5. The van der Waals surface area contributed by atoms with E-state index in [-0.39, 0.29) is 18.5 Å². The monoisotopic (exact) mass is 1080 g/mol. The highest BCUT2D eigenvalue weighted by Gasteiger charge is 2.20. The van der Waals surface area contributed by atoms with Gasteiger partial charge < -0.3 is 20.3 Å². The number of rotatable bonds is 64. The number of aliphatic hydroxyl groups excluding tert-OH is 2. The molecule has 0 bridgehead atoms. The zero-order chi connectivity index (χ0) is 55.7. The number of allylic oxidation sites excluding steroid dienone is 8. The average molecular weight is 1080 g/mol. The lowest BCUT2D eigenvalue weighted by atomic mass is 10.0. The second kappa shape index (κ2) is 66.3. The van der Waals surface area contributed by atoms with Gasteiger partial charge in [-0.2, -0.15) is 0 Å². The molecule has 6 heteroatoms. The number of carbonyl (C=O) groups is 2. The molecule has 0 radical (unpaired) electrons. The molecule has 2 atom stereocenters. The molecular formula is C71H133NO5. The Balaban J connectivity index is 3.43. The van der Waals surface area contributed by atoms with Crippen LogP contribution in [-0.4, -0.2) is 47.4 Å². The van der Waals surface area contributed by atoms with E-state index in [0.29, 0.717) is 25.9 Å². The molecule has 0 fully saturated rings. The third-order valence-electron chi connectivity index (χ3n) is 15.8. The molecule has 6 nitrogen and oxygen atoms in total. The van der Waals surface area contributed by atoms with Gasteiger partial charge in [0, 0.05) is 12.8 Å². The van der Waals surface area contributed by atoms with Gasteiger partial charge >= 0.3 is 5.97 Å². The third kappa shape index (κ3) is 62.9. The van der Waals surface area contributed by atoms with Crippen LogP contribution in [0.5, 0.6) is 0 Å². The number of amides is 1. The topological polar surface area (TPSA) is 95.9 Å². The fraction of sp³-hybridized carbons (Fsp3) is 0.859. The molecule has 3 N–H and O–H groups in total. The van der Waals surface area contributed by atoms with Gasteiger partial charge in [0.25, 0.3) is 0 Å². The van der Waals surface area contributed by atoms with Gasteiger partial charge in [-0.1, -0.05) is 319 Å². The first-order valence-electron chi connectivity index (χ1n) is 34.4. The summed E-state index contributed by atoms with van der Waals surface area (Å²) in [7, 11) is 0. The van der Waals surface area contributed by atoms with Crippen molar-refractivity contribution in [3.05, 3.63) is 48.6 Å². The highest BCUT2D eigenvalue weighted by atomic mass is 16.5. The third-order valence-corrected chi connectivity index (χ3v) is 15.8. The van der Waals surface area contributed by atoms with Crippen LogP contribution >= 0.6 is 0 Å². The predicted molar refractivity (Wildman–Crippen MR) is 338 cm³/mol. The first-order valence-corrected chi connectivity index (χ1v) is 34.4. The number of nitrogens with one attached hydrogen (secondary N) is 1. The summed E-state index contributed by atoms with van der Waals surface area (Å²) in [5.41, 5.74) is 0. The standard InChI is InChI=1S/C71H133NO5/c1-3-5-7-9-11-13-15-17-18-19-20-30-33-36-40-43-47-51-55-59-63-69(74)68(67-73)72-70(75)64-60-56-52-48-44-41-37-34-31-28-26-24-22-21-23-25-27-29-32-35-38-42-46-50-54-58-62-66-77-71(76)65-61-57-53-49-45-39-16-14-12-10-8-6-4-2/h8,10,14,16,21-22,25,27,68-69,73-74H,3-7,9,11-13,15,17-20,23-24,26,28-67H2,1-2H3,(H,72,75)/b10-8-,16-14-,22-21-,27-25-. The van der Waals surface area contributed by atoms with Crippen molar-refractivity contribution < 1.29 is 24.5 Å². The number of hydrogen-bond donors (Lipinski definition) is 3. The lowest BCUT2D eigenvalue weighted by Crippen LogP contribution is -2.45. The number of carbonyl (C=O) groups excluding carboxylic acids is 2. The van der Waals surface area contributed by atoms with E-state index in [1.54, 1.807) is 0 Å². The number of hydrogen-bond acceptors (Lipinski definition) is 5. The Bertz CT molecular complexity index is 1290. The molecule has 0 aromatic heterocycles. The molecule has 0 aliphatic heterocycles. The molecule has 0 aliphatic rings. The van der Waals surface area contributed by atoms with E-state index < -0.39 is 12.1 Å². The van der Waals surface area contributed by atoms with Crippen molar-refractivity contribution in [1.82, 2.24) is 5.32 Å². The summed E-state index contributed by atoms with van der Waals surface area (Å²) in [6.45, 7) is 4.90. The summed E-state index contributed by atoms with van der Waals surface area (Å²) >= 11 is 0. The van der Waals surface area contributed by atoms with E-state index in [4.69, 9.17) is 4.74 Å². The van der Waals surface area contributed by atoms with Crippen molar-refractivity contribution in [2.75, 3.05) is 13.2 Å². The van der Waals surface area contributed by atoms with Gasteiger partial charge in [0.1, 0.15) is 0 Å². The maximum atomic E-state index is 12.5. The molecule has 0 saturated heterocycles. The van der Waals surface area contributed by atoms with Crippen molar-refractivity contribution in [2.24, 2.45) is 0 Å². The summed E-state index contributed by atoms with van der Waals surface area (Å²) < 4.78 is 5.47. The van der Waals surface area contributed by atoms with Crippen LogP contribution in [0.3, 0.4) is 0 Å². The zero-order valence-corrected chi connectivity index (χ0v) is 51.7. The molecule has 0 rings (SSSR count). The summed E-state index contributed by atoms with van der Waals surface area (Å²) in [6, 6.07) is -0.546. The van der Waals surface area contributed by atoms with E-state index in [2.05, 4.69) is 67.8 Å². The van der Waals surface area contributed by atoms with Crippen molar-refractivity contribution in [3.63, 3.8) is 0 Å². The quantitative estimate of drug-likeness (QED) is 0.0320. The summed E-state index contributed by atoms with van der Waals surface area (Å²) in [5, 5.41) is 23.4. The molecule has 0 heterocycles. The Morgan fingerprint density at radius 1 is 0.364 bits per heavy atom. The zero-order valence-electron chi connectivity index (χ0n) is 51.7. The van der Waals surface area contributed by atoms with Crippen LogP contribution in [0.25, 0.3) is 0 Å². The SMILES string of the molecule is CCC/C=C\C/C=C\CCCCCCCC(=O)OCCCCCCCCCCC/C=C\C/C=C\CCCCCCCCCCCCCC(=O)NC(CO)C(O)CCCCCCCCCCCCCCCCCCCCCC. The van der Waals surface area contributed by atoms with Crippen LogP contribution in [-0.2, 0) is 14.3 Å². The Hall–Kier alpha value is -2.18. The predicted octanol–water partition coefficient (Wildman–Crippen LogP) is 22.1. The lowest BCUT2D eigenvalue weighted by molar-refractivity contribution is -0.143. The first kappa shape index (κ1) is 74.8. The van der Waals surface area contributed by atoms with Gasteiger partial charge in [0.15, 0.2) is 0 Å². The highest BCUT2D eigenvalue weighted by molar-refractivity contribution is 5.76. The smallest absolute Gasteiger partial charge is 0.305 e. The van der Waals surface area contributed by atoms with E-state index in [1.165, 1.54) is 276 Å². The minimum absolute atomic E-state index is 0.00469. The molecule has 0 saturated carbocycles. The Kier molecular flexibility index (Phi) is 64.5. The van der Waals surface area contributed by atoms with Crippen molar-refractivity contribution in [3.8, 4) is 0 Å². The fourth-order valence-electron chi connectivity index (χ4n) is 10.6. The van der Waals surface area contributed by atoms with E-state index in [1.807, 2.05) is 0 Å². The van der Waals surface area contributed by atoms with E-state index in [9.17, 15) is 19.8 Å². The normalized spacial score (nSPS) is 12.8. The Morgan fingerprint density at radius 2 is 0.675 bits per heavy atom. The molecular weight excluding hydrogens is 947 g/mol. The maximum Gasteiger partial charge on any atom is 0.305 e. The molecule has 2 unspecified atom stereocenters. The van der Waals surface area contributed by atoms with Crippen molar-refractivity contribution >= 4 is 11.9 Å². The van der Waals surface area contributed by atoms with Crippen molar-refractivity contribution in [2.45, 2.75) is 379 Å². The summed E-state index contributed by atoms with van der Waals surface area (Å²) in [5.74, 6) is -0.0398. The minimum Gasteiger partial charge on any atom is -0.466 e. The summed E-state index contributed by atoms with van der Waals surface area (Å²) in [6.07, 6.45) is 85.8. The molecule has 0 aromatic carbocycles. The second-order valence-electron chi connectivity index (χ2n) is 23.5. The molecule has 452 valence electrons. The Morgan fingerprint density at radius 3 is 1.04 bits per heavy atom. The number of aliphatic hydroxyl groups is 2. The van der Waals surface area contributed by atoms with Gasteiger partial charge in [0.2, 0.25) is 5.91 Å². The highest BCUT2D eigenvalue weighted by Crippen LogP contribution is 2.18. The fourth-order valence-corrected chi connectivity index (χ4v) is 10.6. The van der Waals surface area contributed by atoms with Crippen LogP contribution in [0.4, 0.5) is 0 Å². The van der Waals surface area contributed by atoms with E-state index in [0.717, 1.165) is 57.8 Å². The largest absolute Gasteiger partial charge is 0.466 e. The number of unbranched alkanes of at least 4 members (excludes halogenated alkanes) is 45. The summed E-state index contributed by atoms with van der Waals surface area (Å²) in [4.78, 5) is 24.6. The van der Waals surface area contributed by atoms with Gasteiger partial charge in [0.05, 0.1) is 25.4 Å². The van der Waals surface area contributed by atoms with Crippen LogP contribution in [0.2, 0.25) is 0 Å².